The van der Waals surface area contributed by atoms with Crippen molar-refractivity contribution >= 4 is 35.7 Å². The van der Waals surface area contributed by atoms with Crippen molar-refractivity contribution in [2.45, 2.75) is 64.7 Å². The molecule has 0 saturated heterocycles. The maximum Gasteiger partial charge on any atom is 0.415 e. The lowest BCUT2D eigenvalue weighted by molar-refractivity contribution is -0.138. The molecule has 1 aliphatic rings. The fraction of sp³-hybridized carbons (Fsp3) is 0.448. The number of unbranched alkanes of at least 4 members (excludes halogenated alkanes) is 1. The second kappa shape index (κ2) is 13.7. The molecule has 12 heteroatoms. The molecule has 41 heavy (non-hydrogen) atoms. The minimum Gasteiger partial charge on any atom is -0.481 e. The summed E-state index contributed by atoms with van der Waals surface area (Å²) in [7, 11) is 1.73. The fourth-order valence-corrected chi connectivity index (χ4v) is 5.20. The second-order valence-electron chi connectivity index (χ2n) is 10.1. The number of anilines is 2. The van der Waals surface area contributed by atoms with E-state index in [2.05, 4.69) is 38.9 Å². The van der Waals surface area contributed by atoms with Crippen LogP contribution in [0.2, 0.25) is 0 Å². The highest BCUT2D eigenvalue weighted by Crippen LogP contribution is 2.35. The number of alkyl halides is 3. The van der Waals surface area contributed by atoms with Gasteiger partial charge in [0.2, 0.25) is 5.95 Å². The lowest BCUT2D eigenvalue weighted by Gasteiger charge is -2.30. The molecule has 1 N–H and O–H groups in total. The molecule has 8 nitrogen and oxygen atoms in total. The first-order chi connectivity index (χ1) is 19.1. The van der Waals surface area contributed by atoms with Crippen molar-refractivity contribution in [1.82, 2.24) is 14.8 Å². The Kier molecular flexibility index (Phi) is 10.6. The topological polar surface area (TPSA) is 78.9 Å². The lowest BCUT2D eigenvalue weighted by atomic mass is 10.0. The fourth-order valence-electron chi connectivity index (χ4n) is 5.20. The third-order valence-corrected chi connectivity index (χ3v) is 7.12. The van der Waals surface area contributed by atoms with E-state index in [1.54, 1.807) is 18.1 Å². The summed E-state index contributed by atoms with van der Waals surface area (Å²) in [5.74, 6) is -0.434. The highest BCUT2D eigenvalue weighted by molar-refractivity contribution is 5.85. The number of hydrogen-bond donors (Lipinski definition) is 1. The Balaban J connectivity index is 0.00000462. The lowest BCUT2D eigenvalue weighted by Crippen LogP contribution is -2.29. The van der Waals surface area contributed by atoms with Gasteiger partial charge < -0.3 is 14.9 Å². The molecule has 0 saturated carbocycles. The summed E-state index contributed by atoms with van der Waals surface area (Å²) in [4.78, 5) is 22.7. The van der Waals surface area contributed by atoms with Crippen LogP contribution in [0.3, 0.4) is 0 Å². The highest BCUT2D eigenvalue weighted by Gasteiger charge is 2.31. The third kappa shape index (κ3) is 8.13. The summed E-state index contributed by atoms with van der Waals surface area (Å²) < 4.78 is 42.3. The molecule has 0 unspecified atom stereocenters. The van der Waals surface area contributed by atoms with E-state index >= 15 is 0 Å². The predicted octanol–water partition coefficient (Wildman–Crippen LogP) is 6.58. The molecule has 0 amide bonds. The van der Waals surface area contributed by atoms with Crippen molar-refractivity contribution in [1.29, 1.82) is 0 Å². The summed E-state index contributed by atoms with van der Waals surface area (Å²) >= 11 is 0. The van der Waals surface area contributed by atoms with Gasteiger partial charge in [0, 0.05) is 50.9 Å². The Bertz CT molecular complexity index is 1400. The summed E-state index contributed by atoms with van der Waals surface area (Å²) in [6.45, 7) is 11.2. The third-order valence-electron chi connectivity index (χ3n) is 7.12. The summed E-state index contributed by atoms with van der Waals surface area (Å²) in [5.41, 5.74) is 4.01. The van der Waals surface area contributed by atoms with Gasteiger partial charge in [-0.05, 0) is 79.5 Å². The number of aryl methyl sites for hydroxylation is 3. The number of halogens is 4. The smallest absolute Gasteiger partial charge is 0.415 e. The van der Waals surface area contributed by atoms with E-state index in [-0.39, 0.29) is 31.1 Å². The van der Waals surface area contributed by atoms with Crippen LogP contribution in [0.15, 0.2) is 36.7 Å². The number of benzene rings is 2. The molecule has 1 aromatic heterocycles. The van der Waals surface area contributed by atoms with E-state index in [1.165, 1.54) is 17.2 Å². The van der Waals surface area contributed by atoms with E-state index in [1.807, 2.05) is 4.90 Å². The van der Waals surface area contributed by atoms with Crippen molar-refractivity contribution in [2.75, 3.05) is 22.9 Å². The molecule has 220 valence electrons. The first kappa shape index (κ1) is 31.7. The quantitative estimate of drug-likeness (QED) is 0.190. The number of hydrogen-bond acceptors (Lipinski definition) is 5. The Hall–Kier alpha value is -3.78. The molecular weight excluding hydrogens is 557 g/mol. The van der Waals surface area contributed by atoms with Crippen LogP contribution in [0.1, 0.15) is 60.4 Å². The zero-order chi connectivity index (χ0) is 28.9. The van der Waals surface area contributed by atoms with Gasteiger partial charge in [-0.15, -0.1) is 17.5 Å². The van der Waals surface area contributed by atoms with Crippen LogP contribution in [0.25, 0.3) is 4.85 Å². The molecule has 3 aromatic rings. The zero-order valence-electron chi connectivity index (χ0n) is 23.1. The number of carboxylic acids is 1. The van der Waals surface area contributed by atoms with E-state index in [0.29, 0.717) is 31.0 Å². The van der Waals surface area contributed by atoms with Gasteiger partial charge in [-0.3, -0.25) is 9.48 Å². The van der Waals surface area contributed by atoms with Gasteiger partial charge in [-0.25, -0.2) is 9.83 Å². The molecule has 0 aliphatic heterocycles. The molecular formula is C29H34ClF3N6O2. The molecule has 1 heterocycles. The molecule has 4 rings (SSSR count). The van der Waals surface area contributed by atoms with Crippen molar-refractivity contribution in [3.05, 3.63) is 75.9 Å². The molecule has 0 bridgehead atoms. The number of aliphatic carboxylic acids is 1. The van der Waals surface area contributed by atoms with Gasteiger partial charge in [0.15, 0.2) is 5.69 Å². The van der Waals surface area contributed by atoms with Crippen molar-refractivity contribution in [2.24, 2.45) is 7.05 Å². The van der Waals surface area contributed by atoms with Crippen LogP contribution in [0.4, 0.5) is 30.5 Å². The monoisotopic (exact) mass is 590 g/mol. The summed E-state index contributed by atoms with van der Waals surface area (Å²) in [6.07, 6.45) is 1.43. The highest BCUT2D eigenvalue weighted by atomic mass is 35.5. The van der Waals surface area contributed by atoms with Crippen molar-refractivity contribution in [3.63, 3.8) is 0 Å². The van der Waals surface area contributed by atoms with Gasteiger partial charge in [-0.1, -0.05) is 12.1 Å². The molecule has 0 radical (unpaired) electrons. The number of fused-ring (bicyclic) bond motifs is 1. The number of carbonyl (C=O) groups is 1. The van der Waals surface area contributed by atoms with Crippen LogP contribution in [-0.2, 0) is 43.9 Å². The first-order valence-corrected chi connectivity index (χ1v) is 13.4. The largest absolute Gasteiger partial charge is 0.481 e. The van der Waals surface area contributed by atoms with Gasteiger partial charge in [0.05, 0.1) is 6.57 Å². The van der Waals surface area contributed by atoms with Gasteiger partial charge in [-0.2, -0.15) is 13.2 Å². The van der Waals surface area contributed by atoms with Gasteiger partial charge in [0.25, 0.3) is 0 Å². The van der Waals surface area contributed by atoms with E-state index in [4.69, 9.17) is 11.7 Å². The Morgan fingerprint density at radius 3 is 2.44 bits per heavy atom. The molecule has 0 fully saturated rings. The van der Waals surface area contributed by atoms with E-state index in [0.717, 1.165) is 55.6 Å². The predicted molar refractivity (Wildman–Crippen MR) is 154 cm³/mol. The average molecular weight is 591 g/mol. The van der Waals surface area contributed by atoms with Crippen LogP contribution in [-0.4, -0.2) is 38.9 Å². The number of rotatable bonds is 12. The van der Waals surface area contributed by atoms with E-state index in [9.17, 15) is 18.0 Å². The SMILES string of the molecule is Cl.[C-]#[N+]c1cc(CN(Cc2cc3c(cc2N(CC)CCCCC(=O)O)CCC3)c2ncn(C)n2)cc(C(F)(F)F)c1. The van der Waals surface area contributed by atoms with Crippen LogP contribution in [0, 0.1) is 6.57 Å². The number of nitrogens with zero attached hydrogens (tertiary/aromatic N) is 6. The normalized spacial score (nSPS) is 12.4. The Morgan fingerprint density at radius 2 is 1.83 bits per heavy atom. The maximum atomic E-state index is 13.6. The number of carboxylic acid groups (broad SMARTS) is 1. The average Bonchev–Trinajstić information content (AvgIpc) is 3.55. The molecule has 0 atom stereocenters. The van der Waals surface area contributed by atoms with Crippen molar-refractivity contribution in [3.8, 4) is 0 Å². The minimum atomic E-state index is -4.57. The maximum absolute atomic E-state index is 13.6. The Labute approximate surface area is 244 Å². The molecule has 0 spiro atoms. The molecule has 1 aliphatic carbocycles. The standard InChI is InChI=1S/C29H33F3N6O2.ClH/c1-4-37(11-6-5-10-27(39)40)26-15-22-9-7-8-21(22)14-23(26)18-38(28-34-19-36(3)35-28)17-20-12-24(29(30,31)32)16-25(13-20)33-2;/h12-16,19H,4-11,17-18H2,1,3H3,(H,39,40);1H. The number of aromatic nitrogens is 3. The zero-order valence-corrected chi connectivity index (χ0v) is 23.9. The van der Waals surface area contributed by atoms with E-state index < -0.39 is 17.7 Å². The van der Waals surface area contributed by atoms with Crippen LogP contribution >= 0.6 is 12.4 Å². The Morgan fingerprint density at radius 1 is 1.10 bits per heavy atom. The van der Waals surface area contributed by atoms with Gasteiger partial charge >= 0.3 is 12.1 Å². The summed E-state index contributed by atoms with van der Waals surface area (Å²) in [5, 5.41) is 13.5. The van der Waals surface area contributed by atoms with Crippen molar-refractivity contribution < 1.29 is 23.1 Å². The minimum absolute atomic E-state index is 0. The van der Waals surface area contributed by atoms with Crippen LogP contribution < -0.4 is 9.80 Å². The van der Waals surface area contributed by atoms with Gasteiger partial charge in [0.1, 0.15) is 6.33 Å². The van der Waals surface area contributed by atoms with Crippen LogP contribution in [0.5, 0.6) is 0 Å². The second-order valence-corrected chi connectivity index (χ2v) is 10.1. The summed E-state index contributed by atoms with van der Waals surface area (Å²) in [6, 6.07) is 7.81. The first-order valence-electron chi connectivity index (χ1n) is 13.4. The molecule has 2 aromatic carbocycles.